The van der Waals surface area contributed by atoms with Gasteiger partial charge in [-0.2, -0.15) is 4.31 Å². The van der Waals surface area contributed by atoms with Gasteiger partial charge in [0, 0.05) is 32.2 Å². The molecule has 1 aromatic carbocycles. The lowest BCUT2D eigenvalue weighted by molar-refractivity contribution is -0.123. The van der Waals surface area contributed by atoms with Crippen molar-refractivity contribution in [2.45, 2.75) is 50.5 Å². The predicted molar refractivity (Wildman–Crippen MR) is 106 cm³/mol. The lowest BCUT2D eigenvalue weighted by atomic mass is 9.86. The van der Waals surface area contributed by atoms with E-state index in [4.69, 9.17) is 0 Å². The molecule has 1 aromatic rings. The molecule has 1 heterocycles. The van der Waals surface area contributed by atoms with Crippen LogP contribution in [0.1, 0.15) is 38.2 Å². The van der Waals surface area contributed by atoms with E-state index < -0.39 is 10.0 Å². The maximum atomic E-state index is 12.8. The normalized spacial score (nSPS) is 25.3. The molecule has 150 valence electrons. The van der Waals surface area contributed by atoms with Crippen LogP contribution in [0.2, 0.25) is 0 Å². The summed E-state index contributed by atoms with van der Waals surface area (Å²) in [6.07, 6.45) is 4.69. The van der Waals surface area contributed by atoms with Crippen LogP contribution < -0.4 is 5.32 Å². The highest BCUT2D eigenvalue weighted by Crippen LogP contribution is 2.23. The quantitative estimate of drug-likeness (QED) is 0.831. The molecule has 2 atom stereocenters. The summed E-state index contributed by atoms with van der Waals surface area (Å²) in [6.45, 7) is 6.50. The summed E-state index contributed by atoms with van der Waals surface area (Å²) in [7, 11) is -3.45. The fraction of sp³-hybridized carbons (Fsp3) is 0.650. The van der Waals surface area contributed by atoms with Crippen LogP contribution in [-0.2, 0) is 14.8 Å². The van der Waals surface area contributed by atoms with Gasteiger partial charge in [-0.1, -0.05) is 37.5 Å². The zero-order valence-electron chi connectivity index (χ0n) is 16.4. The van der Waals surface area contributed by atoms with Crippen LogP contribution >= 0.6 is 0 Å². The van der Waals surface area contributed by atoms with Crippen molar-refractivity contribution in [3.05, 3.63) is 29.8 Å². The fourth-order valence-electron chi connectivity index (χ4n) is 3.97. The maximum Gasteiger partial charge on any atom is 0.243 e. The molecule has 1 amide bonds. The van der Waals surface area contributed by atoms with Crippen LogP contribution in [-0.4, -0.2) is 62.3 Å². The van der Waals surface area contributed by atoms with Crippen molar-refractivity contribution in [2.24, 2.45) is 5.92 Å². The molecule has 0 bridgehead atoms. The summed E-state index contributed by atoms with van der Waals surface area (Å²) >= 11 is 0. The largest absolute Gasteiger partial charge is 0.352 e. The van der Waals surface area contributed by atoms with Crippen LogP contribution in [0.4, 0.5) is 0 Å². The second kappa shape index (κ2) is 8.71. The van der Waals surface area contributed by atoms with E-state index in [2.05, 4.69) is 12.2 Å². The summed E-state index contributed by atoms with van der Waals surface area (Å²) in [4.78, 5) is 14.8. The maximum absolute atomic E-state index is 12.8. The van der Waals surface area contributed by atoms with Gasteiger partial charge in [0.05, 0.1) is 11.4 Å². The molecule has 0 spiro atoms. The highest BCUT2D eigenvalue weighted by atomic mass is 32.2. The Morgan fingerprint density at radius 2 is 1.70 bits per heavy atom. The molecule has 2 aliphatic rings. The first kappa shape index (κ1) is 20.3. The SMILES string of the molecule is Cc1ccc(S(=O)(=O)N2CCN(CC(=O)N[C@H]3CCCC[C@@H]3C)CC2)cc1. The minimum Gasteiger partial charge on any atom is -0.352 e. The number of amides is 1. The van der Waals surface area contributed by atoms with E-state index in [1.807, 2.05) is 24.0 Å². The number of carbonyl (C=O) groups excluding carboxylic acids is 1. The van der Waals surface area contributed by atoms with Crippen molar-refractivity contribution < 1.29 is 13.2 Å². The zero-order valence-corrected chi connectivity index (χ0v) is 17.2. The van der Waals surface area contributed by atoms with Crippen LogP contribution in [0.15, 0.2) is 29.2 Å². The number of nitrogens with one attached hydrogen (secondary N) is 1. The molecule has 6 nitrogen and oxygen atoms in total. The highest BCUT2D eigenvalue weighted by molar-refractivity contribution is 7.89. The van der Waals surface area contributed by atoms with Crippen LogP contribution in [0.25, 0.3) is 0 Å². The Hall–Kier alpha value is -1.44. The smallest absolute Gasteiger partial charge is 0.243 e. The highest BCUT2D eigenvalue weighted by Gasteiger charge is 2.29. The number of hydrogen-bond acceptors (Lipinski definition) is 4. The Morgan fingerprint density at radius 1 is 1.07 bits per heavy atom. The third-order valence-electron chi connectivity index (χ3n) is 5.82. The Kier molecular flexibility index (Phi) is 6.55. The van der Waals surface area contributed by atoms with Crippen molar-refractivity contribution in [2.75, 3.05) is 32.7 Å². The van der Waals surface area contributed by atoms with Crippen LogP contribution in [0, 0.1) is 12.8 Å². The van der Waals surface area contributed by atoms with Gasteiger partial charge >= 0.3 is 0 Å². The number of hydrogen-bond donors (Lipinski definition) is 1. The molecular weight excluding hydrogens is 362 g/mol. The lowest BCUT2D eigenvalue weighted by Gasteiger charge is -2.34. The molecule has 1 aliphatic carbocycles. The summed E-state index contributed by atoms with van der Waals surface area (Å²) in [5.74, 6) is 0.600. The molecule has 27 heavy (non-hydrogen) atoms. The molecule has 1 saturated carbocycles. The minimum absolute atomic E-state index is 0.0589. The van der Waals surface area contributed by atoms with Gasteiger partial charge < -0.3 is 5.32 Å². The molecule has 1 aliphatic heterocycles. The number of rotatable bonds is 5. The van der Waals surface area contributed by atoms with Gasteiger partial charge in [-0.15, -0.1) is 0 Å². The number of nitrogens with zero attached hydrogens (tertiary/aromatic N) is 2. The third-order valence-corrected chi connectivity index (χ3v) is 7.73. The summed E-state index contributed by atoms with van der Waals surface area (Å²) in [6, 6.07) is 7.25. The van der Waals surface area contributed by atoms with Gasteiger partial charge in [-0.3, -0.25) is 9.69 Å². The molecule has 7 heteroatoms. The molecule has 0 unspecified atom stereocenters. The van der Waals surface area contributed by atoms with Crippen molar-refractivity contribution in [3.63, 3.8) is 0 Å². The second-order valence-corrected chi connectivity index (χ2v) is 9.87. The summed E-state index contributed by atoms with van der Waals surface area (Å²) in [5, 5.41) is 3.18. The van der Waals surface area contributed by atoms with Gasteiger partial charge in [0.2, 0.25) is 15.9 Å². The lowest BCUT2D eigenvalue weighted by Crippen LogP contribution is -2.52. The van der Waals surface area contributed by atoms with Crippen LogP contribution in [0.5, 0.6) is 0 Å². The second-order valence-electron chi connectivity index (χ2n) is 7.93. The first-order chi connectivity index (χ1) is 12.9. The van der Waals surface area contributed by atoms with Crippen molar-refractivity contribution in [3.8, 4) is 0 Å². The molecule has 0 aromatic heterocycles. The zero-order chi connectivity index (χ0) is 19.4. The monoisotopic (exact) mass is 393 g/mol. The summed E-state index contributed by atoms with van der Waals surface area (Å²) < 4.78 is 27.0. The van der Waals surface area contributed by atoms with E-state index in [0.717, 1.165) is 12.0 Å². The van der Waals surface area contributed by atoms with Gasteiger partial charge in [0.25, 0.3) is 0 Å². The number of aryl methyl sites for hydroxylation is 1. The standard InChI is InChI=1S/C20H31N3O3S/c1-16-7-9-18(10-8-16)27(25,26)23-13-11-22(12-14-23)15-20(24)21-19-6-4-3-5-17(19)2/h7-10,17,19H,3-6,11-15H2,1-2H3,(H,21,24)/t17-,19-/m0/s1. The van der Waals surface area contributed by atoms with Crippen molar-refractivity contribution >= 4 is 15.9 Å². The van der Waals surface area contributed by atoms with Gasteiger partial charge in [-0.25, -0.2) is 8.42 Å². The number of piperazine rings is 1. The van der Waals surface area contributed by atoms with E-state index in [9.17, 15) is 13.2 Å². The van der Waals surface area contributed by atoms with Gasteiger partial charge in [0.15, 0.2) is 0 Å². The van der Waals surface area contributed by atoms with E-state index >= 15 is 0 Å². The van der Waals surface area contributed by atoms with Crippen molar-refractivity contribution in [1.82, 2.24) is 14.5 Å². The number of sulfonamides is 1. The van der Waals surface area contributed by atoms with Crippen molar-refractivity contribution in [1.29, 1.82) is 0 Å². The molecule has 1 saturated heterocycles. The predicted octanol–water partition coefficient (Wildman–Crippen LogP) is 2.00. The Morgan fingerprint density at radius 3 is 2.33 bits per heavy atom. The van der Waals surface area contributed by atoms with Gasteiger partial charge in [-0.05, 0) is 37.8 Å². The van der Waals surface area contributed by atoms with E-state index in [0.29, 0.717) is 43.5 Å². The minimum atomic E-state index is -3.45. The fourth-order valence-corrected chi connectivity index (χ4v) is 5.40. The molecule has 0 radical (unpaired) electrons. The number of benzene rings is 1. The van der Waals surface area contributed by atoms with E-state index in [-0.39, 0.29) is 11.9 Å². The third kappa shape index (κ3) is 5.09. The topological polar surface area (TPSA) is 69.7 Å². The van der Waals surface area contributed by atoms with Crippen LogP contribution in [0.3, 0.4) is 0 Å². The average molecular weight is 394 g/mol. The average Bonchev–Trinajstić information content (AvgIpc) is 2.64. The Bertz CT molecular complexity index is 740. The first-order valence-electron chi connectivity index (χ1n) is 9.95. The molecular formula is C20H31N3O3S. The summed E-state index contributed by atoms with van der Waals surface area (Å²) in [5.41, 5.74) is 1.04. The first-order valence-corrected chi connectivity index (χ1v) is 11.4. The van der Waals surface area contributed by atoms with E-state index in [1.165, 1.54) is 23.6 Å². The van der Waals surface area contributed by atoms with Gasteiger partial charge in [0.1, 0.15) is 0 Å². The Balaban J connectivity index is 1.49. The number of carbonyl (C=O) groups is 1. The van der Waals surface area contributed by atoms with E-state index in [1.54, 1.807) is 12.1 Å². The molecule has 2 fully saturated rings. The molecule has 1 N–H and O–H groups in total. The Labute approximate surface area is 163 Å². The molecule has 3 rings (SSSR count).